The molecule has 3 rings (SSSR count). The highest BCUT2D eigenvalue weighted by molar-refractivity contribution is 5.83. The molecule has 3 atom stereocenters. The van der Waals surface area contributed by atoms with Gasteiger partial charge in [-0.1, -0.05) is 0 Å². The summed E-state index contributed by atoms with van der Waals surface area (Å²) < 4.78 is 65.3. The lowest BCUT2D eigenvalue weighted by Gasteiger charge is -2.34. The Hall–Kier alpha value is -1.66. The van der Waals surface area contributed by atoms with E-state index in [-0.39, 0.29) is 24.4 Å². The molecule has 0 spiro atoms. The summed E-state index contributed by atoms with van der Waals surface area (Å²) in [6, 6.07) is 3.06. The van der Waals surface area contributed by atoms with Gasteiger partial charge >= 0.3 is 6.18 Å². The molecule has 1 saturated heterocycles. The van der Waals surface area contributed by atoms with Gasteiger partial charge in [0.15, 0.2) is 0 Å². The topological polar surface area (TPSA) is 20.3 Å². The minimum atomic E-state index is -4.31. The van der Waals surface area contributed by atoms with E-state index in [1.807, 2.05) is 0 Å². The van der Waals surface area contributed by atoms with E-state index in [9.17, 15) is 26.7 Å². The zero-order valence-electron chi connectivity index (χ0n) is 12.2. The van der Waals surface area contributed by atoms with Crippen LogP contribution in [0.5, 0.6) is 0 Å². The van der Waals surface area contributed by atoms with Crippen molar-refractivity contribution in [3.8, 4) is 0 Å². The van der Waals surface area contributed by atoms with Gasteiger partial charge in [-0.15, -0.1) is 0 Å². The molecule has 23 heavy (non-hydrogen) atoms. The third kappa shape index (κ3) is 3.33. The standard InChI is InChI=1S/C16H16F5NO/c17-10-3-4-14(18)12(6-10)11-7-13(11)15(23)22-5-1-2-9(8-22)16(19,20)21/h3-4,6,9,11,13H,1-2,5,7-8H2/t9-,11+,13-/m1/s1. The van der Waals surface area contributed by atoms with Crippen LogP contribution in [0.25, 0.3) is 0 Å². The Balaban J connectivity index is 1.67. The summed E-state index contributed by atoms with van der Waals surface area (Å²) in [6.07, 6.45) is -3.62. The van der Waals surface area contributed by atoms with Crippen molar-refractivity contribution >= 4 is 5.91 Å². The van der Waals surface area contributed by atoms with E-state index in [0.717, 1.165) is 18.2 Å². The number of likely N-dealkylation sites (tertiary alicyclic amines) is 1. The van der Waals surface area contributed by atoms with E-state index in [1.165, 1.54) is 4.90 Å². The van der Waals surface area contributed by atoms with Crippen LogP contribution in [-0.4, -0.2) is 30.1 Å². The predicted octanol–water partition coefficient (Wildman–Crippen LogP) is 3.87. The molecule has 0 radical (unpaired) electrons. The van der Waals surface area contributed by atoms with Crippen molar-refractivity contribution in [3.05, 3.63) is 35.4 Å². The van der Waals surface area contributed by atoms with Gasteiger partial charge in [0.1, 0.15) is 11.6 Å². The zero-order valence-corrected chi connectivity index (χ0v) is 12.2. The zero-order chi connectivity index (χ0) is 16.8. The molecule has 0 aromatic heterocycles. The van der Waals surface area contributed by atoms with Gasteiger partial charge in [0.2, 0.25) is 5.91 Å². The number of rotatable bonds is 2. The highest BCUT2D eigenvalue weighted by atomic mass is 19.4. The molecule has 1 aromatic rings. The Kier molecular flexibility index (Phi) is 4.06. The molecule has 126 valence electrons. The number of nitrogens with zero attached hydrogens (tertiary/aromatic N) is 1. The van der Waals surface area contributed by atoms with E-state index >= 15 is 0 Å². The molecular formula is C16H16F5NO. The Morgan fingerprint density at radius 1 is 1.22 bits per heavy atom. The average molecular weight is 333 g/mol. The van der Waals surface area contributed by atoms with E-state index < -0.39 is 35.6 Å². The molecule has 2 nitrogen and oxygen atoms in total. The molecule has 1 heterocycles. The number of amides is 1. The first-order valence-corrected chi connectivity index (χ1v) is 7.58. The normalized spacial score (nSPS) is 27.9. The van der Waals surface area contributed by atoms with Crippen LogP contribution in [0, 0.1) is 23.5 Å². The van der Waals surface area contributed by atoms with Crippen LogP contribution in [0.1, 0.15) is 30.7 Å². The fourth-order valence-electron chi connectivity index (χ4n) is 3.29. The number of alkyl halides is 3. The lowest BCUT2D eigenvalue weighted by Crippen LogP contribution is -2.45. The van der Waals surface area contributed by atoms with Crippen LogP contribution in [0.3, 0.4) is 0 Å². The van der Waals surface area contributed by atoms with Gasteiger partial charge in [0.25, 0.3) is 0 Å². The molecule has 2 aliphatic rings. The lowest BCUT2D eigenvalue weighted by molar-refractivity contribution is -0.188. The first-order chi connectivity index (χ1) is 10.8. The fourth-order valence-corrected chi connectivity index (χ4v) is 3.29. The molecule has 1 saturated carbocycles. The van der Waals surface area contributed by atoms with Crippen molar-refractivity contribution < 1.29 is 26.7 Å². The van der Waals surface area contributed by atoms with Crippen LogP contribution >= 0.6 is 0 Å². The summed E-state index contributed by atoms with van der Waals surface area (Å²) in [5, 5.41) is 0. The van der Waals surface area contributed by atoms with Gasteiger partial charge in [-0.2, -0.15) is 13.2 Å². The van der Waals surface area contributed by atoms with Crippen molar-refractivity contribution in [2.75, 3.05) is 13.1 Å². The van der Waals surface area contributed by atoms with Gasteiger partial charge in [-0.25, -0.2) is 8.78 Å². The van der Waals surface area contributed by atoms with E-state index in [2.05, 4.69) is 0 Å². The molecule has 0 N–H and O–H groups in total. The van der Waals surface area contributed by atoms with Crippen molar-refractivity contribution in [2.45, 2.75) is 31.4 Å². The minimum Gasteiger partial charge on any atom is -0.342 e. The van der Waals surface area contributed by atoms with Crippen LogP contribution in [0.4, 0.5) is 22.0 Å². The maximum absolute atomic E-state index is 13.7. The molecule has 0 bridgehead atoms. The van der Waals surface area contributed by atoms with Gasteiger partial charge in [0.05, 0.1) is 5.92 Å². The van der Waals surface area contributed by atoms with Crippen molar-refractivity contribution in [1.82, 2.24) is 4.90 Å². The maximum atomic E-state index is 13.7. The number of piperidine rings is 1. The second-order valence-corrected chi connectivity index (χ2v) is 6.28. The Morgan fingerprint density at radius 3 is 2.65 bits per heavy atom. The summed E-state index contributed by atoms with van der Waals surface area (Å²) in [5.74, 6) is -4.04. The summed E-state index contributed by atoms with van der Waals surface area (Å²) in [7, 11) is 0. The second kappa shape index (κ2) is 5.76. The Morgan fingerprint density at radius 2 is 1.96 bits per heavy atom. The number of hydrogen-bond donors (Lipinski definition) is 0. The van der Waals surface area contributed by atoms with Crippen LogP contribution < -0.4 is 0 Å². The molecule has 2 fully saturated rings. The minimum absolute atomic E-state index is 0.0277. The average Bonchev–Trinajstić information content (AvgIpc) is 3.28. The van der Waals surface area contributed by atoms with Crippen LogP contribution in [-0.2, 0) is 4.79 Å². The molecular weight excluding hydrogens is 317 g/mol. The lowest BCUT2D eigenvalue weighted by atomic mass is 9.97. The largest absolute Gasteiger partial charge is 0.393 e. The molecule has 1 aromatic carbocycles. The monoisotopic (exact) mass is 333 g/mol. The quantitative estimate of drug-likeness (QED) is 0.753. The summed E-state index contributed by atoms with van der Waals surface area (Å²) in [4.78, 5) is 13.6. The number of halogens is 5. The summed E-state index contributed by atoms with van der Waals surface area (Å²) >= 11 is 0. The SMILES string of the molecule is O=C([C@@H]1C[C@H]1c1cc(F)ccc1F)N1CCC[C@@H](C(F)(F)F)C1. The molecule has 0 unspecified atom stereocenters. The number of hydrogen-bond acceptors (Lipinski definition) is 1. The van der Waals surface area contributed by atoms with Gasteiger partial charge in [-0.05, 0) is 48.9 Å². The van der Waals surface area contributed by atoms with Crippen LogP contribution in [0.2, 0.25) is 0 Å². The van der Waals surface area contributed by atoms with E-state index in [4.69, 9.17) is 0 Å². The first-order valence-electron chi connectivity index (χ1n) is 7.58. The number of carbonyl (C=O) groups excluding carboxylic acids is 1. The molecule has 7 heteroatoms. The maximum Gasteiger partial charge on any atom is 0.393 e. The van der Waals surface area contributed by atoms with E-state index in [0.29, 0.717) is 19.4 Å². The van der Waals surface area contributed by atoms with Crippen molar-refractivity contribution in [2.24, 2.45) is 11.8 Å². The predicted molar refractivity (Wildman–Crippen MR) is 72.6 cm³/mol. The highest BCUT2D eigenvalue weighted by Crippen LogP contribution is 2.50. The fraction of sp³-hybridized carbons (Fsp3) is 0.562. The van der Waals surface area contributed by atoms with Crippen molar-refractivity contribution in [1.29, 1.82) is 0 Å². The van der Waals surface area contributed by atoms with Crippen molar-refractivity contribution in [3.63, 3.8) is 0 Å². The first kappa shape index (κ1) is 16.2. The highest BCUT2D eigenvalue weighted by Gasteiger charge is 2.49. The summed E-state index contributed by atoms with van der Waals surface area (Å²) in [6.45, 7) is -0.0442. The second-order valence-electron chi connectivity index (χ2n) is 6.28. The Labute approximate surface area is 130 Å². The number of carbonyl (C=O) groups is 1. The van der Waals surface area contributed by atoms with Gasteiger partial charge in [-0.3, -0.25) is 4.79 Å². The summed E-state index contributed by atoms with van der Waals surface area (Å²) in [5.41, 5.74) is 0.132. The third-order valence-corrected chi connectivity index (χ3v) is 4.66. The smallest absolute Gasteiger partial charge is 0.342 e. The molecule has 1 aliphatic carbocycles. The van der Waals surface area contributed by atoms with Gasteiger partial charge in [0, 0.05) is 19.0 Å². The molecule has 1 aliphatic heterocycles. The van der Waals surface area contributed by atoms with E-state index in [1.54, 1.807) is 0 Å². The van der Waals surface area contributed by atoms with Gasteiger partial charge < -0.3 is 4.90 Å². The third-order valence-electron chi connectivity index (χ3n) is 4.66. The number of benzene rings is 1. The Bertz CT molecular complexity index is 615. The van der Waals surface area contributed by atoms with Crippen LogP contribution in [0.15, 0.2) is 18.2 Å². The molecule has 1 amide bonds.